The molecule has 4 nitrogen and oxygen atoms in total. The normalized spacial score (nSPS) is 12.0. The molecular formula is C18H14N2O2S. The molecule has 2 aromatic heterocycles. The average Bonchev–Trinajstić information content (AvgIpc) is 3.12. The Morgan fingerprint density at radius 3 is 3.09 bits per heavy atom. The van der Waals surface area contributed by atoms with Gasteiger partial charge in [-0.2, -0.15) is 11.3 Å². The van der Waals surface area contributed by atoms with E-state index in [2.05, 4.69) is 10.3 Å². The maximum absolute atomic E-state index is 12.3. The first-order chi connectivity index (χ1) is 11.3. The van der Waals surface area contributed by atoms with Gasteiger partial charge in [0.1, 0.15) is 12.4 Å². The fraction of sp³-hybridized carbons (Fsp3) is 0.111. The topological polar surface area (TPSA) is 51.2 Å². The van der Waals surface area contributed by atoms with Crippen molar-refractivity contribution in [3.8, 4) is 16.9 Å². The van der Waals surface area contributed by atoms with Gasteiger partial charge in [-0.25, -0.2) is 0 Å². The largest absolute Gasteiger partial charge is 0.488 e. The number of nitrogens with zero attached hydrogens (tertiary/aromatic N) is 1. The molecule has 1 aromatic carbocycles. The van der Waals surface area contributed by atoms with Gasteiger partial charge in [0.15, 0.2) is 0 Å². The smallest absolute Gasteiger partial charge is 0.251 e. The highest BCUT2D eigenvalue weighted by atomic mass is 32.1. The van der Waals surface area contributed by atoms with Crippen molar-refractivity contribution >= 4 is 17.2 Å². The molecule has 0 fully saturated rings. The molecular weight excluding hydrogens is 308 g/mol. The van der Waals surface area contributed by atoms with E-state index in [1.807, 2.05) is 47.3 Å². The van der Waals surface area contributed by atoms with Gasteiger partial charge in [-0.1, -0.05) is 0 Å². The van der Waals surface area contributed by atoms with Crippen molar-refractivity contribution in [1.82, 2.24) is 10.3 Å². The van der Waals surface area contributed by atoms with Crippen molar-refractivity contribution in [2.75, 3.05) is 0 Å². The van der Waals surface area contributed by atoms with Crippen LogP contribution in [0.2, 0.25) is 0 Å². The van der Waals surface area contributed by atoms with E-state index in [9.17, 15) is 4.79 Å². The monoisotopic (exact) mass is 322 g/mol. The fourth-order valence-corrected chi connectivity index (χ4v) is 3.31. The quantitative estimate of drug-likeness (QED) is 0.801. The fourth-order valence-electron chi connectivity index (χ4n) is 2.64. The molecule has 23 heavy (non-hydrogen) atoms. The Morgan fingerprint density at radius 1 is 1.26 bits per heavy atom. The maximum Gasteiger partial charge on any atom is 0.251 e. The van der Waals surface area contributed by atoms with Crippen molar-refractivity contribution in [1.29, 1.82) is 0 Å². The lowest BCUT2D eigenvalue weighted by molar-refractivity contribution is 0.0950. The van der Waals surface area contributed by atoms with E-state index in [1.54, 1.807) is 17.5 Å². The van der Waals surface area contributed by atoms with Gasteiger partial charge in [0.25, 0.3) is 5.91 Å². The number of hydrogen-bond acceptors (Lipinski definition) is 4. The maximum atomic E-state index is 12.3. The molecule has 0 aliphatic carbocycles. The molecule has 0 bridgehead atoms. The molecule has 1 N–H and O–H groups in total. The molecule has 1 aliphatic rings. The minimum absolute atomic E-state index is 0.0943. The van der Waals surface area contributed by atoms with Crippen LogP contribution in [0.1, 0.15) is 21.5 Å². The van der Waals surface area contributed by atoms with Crippen LogP contribution in [0.25, 0.3) is 11.1 Å². The van der Waals surface area contributed by atoms with Crippen molar-refractivity contribution in [2.24, 2.45) is 0 Å². The number of hydrogen-bond donors (Lipinski definition) is 1. The number of amides is 1. The summed E-state index contributed by atoms with van der Waals surface area (Å²) < 4.78 is 5.77. The lowest BCUT2D eigenvalue weighted by atomic mass is 9.97. The third kappa shape index (κ3) is 2.71. The van der Waals surface area contributed by atoms with Crippen LogP contribution in [-0.4, -0.2) is 10.9 Å². The second-order valence-electron chi connectivity index (χ2n) is 5.35. The molecule has 0 saturated heterocycles. The Labute approximate surface area is 137 Å². The van der Waals surface area contributed by atoms with Crippen LogP contribution in [0.4, 0.5) is 0 Å². The van der Waals surface area contributed by atoms with Crippen molar-refractivity contribution in [2.45, 2.75) is 13.2 Å². The average molecular weight is 322 g/mol. The van der Waals surface area contributed by atoms with Gasteiger partial charge in [-0.3, -0.25) is 9.78 Å². The van der Waals surface area contributed by atoms with Gasteiger partial charge >= 0.3 is 0 Å². The lowest BCUT2D eigenvalue weighted by Crippen LogP contribution is -2.22. The predicted molar refractivity (Wildman–Crippen MR) is 89.5 cm³/mol. The second-order valence-corrected chi connectivity index (χ2v) is 6.13. The Kier molecular flexibility index (Phi) is 3.55. The van der Waals surface area contributed by atoms with E-state index in [1.165, 1.54) is 0 Å². The summed E-state index contributed by atoms with van der Waals surface area (Å²) in [4.78, 5) is 16.4. The third-order valence-electron chi connectivity index (χ3n) is 3.85. The number of rotatable bonds is 3. The van der Waals surface area contributed by atoms with Gasteiger partial charge < -0.3 is 10.1 Å². The van der Waals surface area contributed by atoms with E-state index in [0.29, 0.717) is 18.7 Å². The number of aromatic nitrogens is 1. The summed E-state index contributed by atoms with van der Waals surface area (Å²) in [5.74, 6) is 0.648. The molecule has 0 atom stereocenters. The van der Waals surface area contributed by atoms with Crippen LogP contribution in [0.3, 0.4) is 0 Å². The van der Waals surface area contributed by atoms with Gasteiger partial charge in [-0.05, 0) is 52.2 Å². The van der Waals surface area contributed by atoms with Crippen LogP contribution < -0.4 is 10.1 Å². The molecule has 4 rings (SSSR count). The molecule has 5 heteroatoms. The Hall–Kier alpha value is -2.66. The minimum Gasteiger partial charge on any atom is -0.488 e. The van der Waals surface area contributed by atoms with E-state index in [0.717, 1.165) is 28.0 Å². The predicted octanol–water partition coefficient (Wildman–Crippen LogP) is 3.63. The van der Waals surface area contributed by atoms with Gasteiger partial charge in [0, 0.05) is 35.6 Å². The van der Waals surface area contributed by atoms with Crippen molar-refractivity contribution in [3.05, 3.63) is 70.2 Å². The number of carbonyl (C=O) groups is 1. The number of carbonyl (C=O) groups excluding carboxylic acids is 1. The first kappa shape index (κ1) is 14.0. The van der Waals surface area contributed by atoms with Crippen LogP contribution in [0.15, 0.2) is 53.5 Å². The number of nitrogens with one attached hydrogen (secondary N) is 1. The molecule has 0 spiro atoms. The summed E-state index contributed by atoms with van der Waals surface area (Å²) in [6.45, 7) is 1.02. The van der Waals surface area contributed by atoms with Gasteiger partial charge in [0.05, 0.1) is 0 Å². The first-order valence-electron chi connectivity index (χ1n) is 7.30. The third-order valence-corrected chi connectivity index (χ3v) is 4.59. The van der Waals surface area contributed by atoms with Crippen LogP contribution in [-0.2, 0) is 13.2 Å². The van der Waals surface area contributed by atoms with Crippen LogP contribution in [0.5, 0.6) is 5.75 Å². The standard InChI is InChI=1S/C18H14N2O2S/c21-18(20-8-12-4-6-23-11-12)13-1-2-16-15-3-5-19-9-14(15)10-22-17(16)7-13/h1-7,9,11H,8,10H2,(H,20,21). The van der Waals surface area contributed by atoms with Crippen molar-refractivity contribution < 1.29 is 9.53 Å². The number of thiophene rings is 1. The summed E-state index contributed by atoms with van der Waals surface area (Å²) >= 11 is 1.62. The summed E-state index contributed by atoms with van der Waals surface area (Å²) in [6.07, 6.45) is 3.59. The lowest BCUT2D eigenvalue weighted by Gasteiger charge is -2.20. The summed E-state index contributed by atoms with van der Waals surface area (Å²) in [5, 5.41) is 6.96. The number of pyridine rings is 1. The zero-order valence-corrected chi connectivity index (χ0v) is 13.1. The first-order valence-corrected chi connectivity index (χ1v) is 8.25. The molecule has 114 valence electrons. The molecule has 3 heterocycles. The summed E-state index contributed by atoms with van der Waals surface area (Å²) in [5.41, 5.74) is 4.90. The molecule has 3 aromatic rings. The zero-order valence-electron chi connectivity index (χ0n) is 12.3. The van der Waals surface area contributed by atoms with E-state index >= 15 is 0 Å². The van der Waals surface area contributed by atoms with Crippen LogP contribution >= 0.6 is 11.3 Å². The molecule has 0 unspecified atom stereocenters. The highest BCUT2D eigenvalue weighted by molar-refractivity contribution is 7.07. The Bertz CT molecular complexity index is 859. The second kappa shape index (κ2) is 5.85. The van der Waals surface area contributed by atoms with Gasteiger partial charge in [0.2, 0.25) is 0 Å². The van der Waals surface area contributed by atoms with Gasteiger partial charge in [-0.15, -0.1) is 0 Å². The summed E-state index contributed by atoms with van der Waals surface area (Å²) in [7, 11) is 0. The van der Waals surface area contributed by atoms with E-state index in [-0.39, 0.29) is 5.91 Å². The zero-order chi connectivity index (χ0) is 15.6. The molecule has 1 amide bonds. The molecule has 0 saturated carbocycles. The van der Waals surface area contributed by atoms with E-state index in [4.69, 9.17) is 4.74 Å². The Balaban J connectivity index is 1.57. The number of benzene rings is 1. The highest BCUT2D eigenvalue weighted by Gasteiger charge is 2.18. The Morgan fingerprint density at radius 2 is 2.22 bits per heavy atom. The van der Waals surface area contributed by atoms with E-state index < -0.39 is 0 Å². The van der Waals surface area contributed by atoms with Crippen molar-refractivity contribution in [3.63, 3.8) is 0 Å². The minimum atomic E-state index is -0.0943. The van der Waals surface area contributed by atoms with Crippen LogP contribution in [0, 0.1) is 0 Å². The highest BCUT2D eigenvalue weighted by Crippen LogP contribution is 2.37. The SMILES string of the molecule is O=C(NCc1ccsc1)c1ccc2c(c1)OCc1cnccc1-2. The molecule has 0 radical (unpaired) electrons. The summed E-state index contributed by atoms with van der Waals surface area (Å²) in [6, 6.07) is 9.56. The number of ether oxygens (including phenoxy) is 1. The number of fused-ring (bicyclic) bond motifs is 3. The molecule has 1 aliphatic heterocycles.